The predicted octanol–water partition coefficient (Wildman–Crippen LogP) is 3.01. The number of amides is 2. The van der Waals surface area contributed by atoms with Crippen molar-refractivity contribution in [3.8, 4) is 0 Å². The van der Waals surface area contributed by atoms with E-state index in [4.69, 9.17) is 23.2 Å². The fraction of sp³-hybridized carbons (Fsp3) is 0.467. The molecule has 1 N–H and O–H groups in total. The van der Waals surface area contributed by atoms with Crippen LogP contribution in [0.4, 0.5) is 0 Å². The molecule has 114 valence electrons. The van der Waals surface area contributed by atoms with E-state index in [2.05, 4.69) is 5.32 Å². The Balaban J connectivity index is 2.19. The first-order valence-corrected chi connectivity index (χ1v) is 7.79. The van der Waals surface area contributed by atoms with Crippen molar-refractivity contribution in [3.05, 3.63) is 33.8 Å². The summed E-state index contributed by atoms with van der Waals surface area (Å²) in [6, 6.07) is 4.92. The Kier molecular flexibility index (Phi) is 5.48. The highest BCUT2D eigenvalue weighted by Crippen LogP contribution is 2.27. The summed E-state index contributed by atoms with van der Waals surface area (Å²) in [5.74, 6) is -0.139. The number of benzene rings is 1. The molecule has 1 saturated heterocycles. The Hall–Kier alpha value is -1.26. The van der Waals surface area contributed by atoms with Crippen molar-refractivity contribution in [1.82, 2.24) is 10.2 Å². The van der Waals surface area contributed by atoms with Gasteiger partial charge in [-0.25, -0.2) is 0 Å². The maximum Gasteiger partial charge on any atom is 0.245 e. The molecule has 1 aromatic carbocycles. The first-order chi connectivity index (χ1) is 10.0. The molecule has 1 heterocycles. The van der Waals surface area contributed by atoms with Crippen molar-refractivity contribution in [2.75, 3.05) is 6.54 Å². The molecule has 0 saturated carbocycles. The van der Waals surface area contributed by atoms with Crippen LogP contribution in [0.5, 0.6) is 0 Å². The minimum absolute atomic E-state index is 0.0567. The van der Waals surface area contributed by atoms with Gasteiger partial charge >= 0.3 is 0 Å². The zero-order valence-corrected chi connectivity index (χ0v) is 13.4. The van der Waals surface area contributed by atoms with Crippen molar-refractivity contribution in [2.24, 2.45) is 0 Å². The van der Waals surface area contributed by atoms with Gasteiger partial charge in [0.05, 0.1) is 10.0 Å². The lowest BCUT2D eigenvalue weighted by molar-refractivity contribution is -0.134. The summed E-state index contributed by atoms with van der Waals surface area (Å²) in [4.78, 5) is 25.9. The zero-order chi connectivity index (χ0) is 15.4. The van der Waals surface area contributed by atoms with Crippen LogP contribution in [-0.2, 0) is 16.1 Å². The number of nitrogens with zero attached hydrogens (tertiary/aromatic N) is 1. The van der Waals surface area contributed by atoms with Crippen LogP contribution in [0.15, 0.2) is 18.2 Å². The number of hydrogen-bond acceptors (Lipinski definition) is 2. The highest BCUT2D eigenvalue weighted by Gasteiger charge is 2.29. The van der Waals surface area contributed by atoms with Gasteiger partial charge in [-0.05, 0) is 18.1 Å². The number of carbonyl (C=O) groups is 2. The highest BCUT2D eigenvalue weighted by molar-refractivity contribution is 6.42. The monoisotopic (exact) mass is 328 g/mol. The molecule has 4 nitrogen and oxygen atoms in total. The molecule has 0 spiro atoms. The molecular weight excluding hydrogens is 311 g/mol. The molecule has 1 atom stereocenters. The second-order valence-electron chi connectivity index (χ2n) is 5.13. The second kappa shape index (κ2) is 7.14. The Labute approximate surface area is 134 Å². The highest BCUT2D eigenvalue weighted by atomic mass is 35.5. The average molecular weight is 329 g/mol. The summed E-state index contributed by atoms with van der Waals surface area (Å²) in [5.41, 5.74) is 0.794. The molecule has 1 unspecified atom stereocenters. The van der Waals surface area contributed by atoms with Crippen LogP contribution in [0.3, 0.4) is 0 Å². The van der Waals surface area contributed by atoms with E-state index in [0.29, 0.717) is 36.0 Å². The summed E-state index contributed by atoms with van der Waals surface area (Å²) in [5, 5.41) is 3.71. The molecule has 6 heteroatoms. The maximum atomic E-state index is 12.5. The number of carbonyl (C=O) groups excluding carboxylic acids is 2. The van der Waals surface area contributed by atoms with Crippen molar-refractivity contribution in [1.29, 1.82) is 0 Å². The lowest BCUT2D eigenvalue weighted by Gasteiger charge is -2.24. The normalized spacial score (nSPS) is 19.4. The molecule has 2 rings (SSSR count). The van der Waals surface area contributed by atoms with Crippen LogP contribution in [-0.4, -0.2) is 29.3 Å². The largest absolute Gasteiger partial charge is 0.344 e. The molecule has 0 radical (unpaired) electrons. The summed E-state index contributed by atoms with van der Waals surface area (Å²) in [6.07, 6.45) is 1.79. The minimum atomic E-state index is -0.442. The van der Waals surface area contributed by atoms with Gasteiger partial charge in [0.1, 0.15) is 6.04 Å². The quantitative estimate of drug-likeness (QED) is 0.923. The average Bonchev–Trinajstić information content (AvgIpc) is 2.58. The van der Waals surface area contributed by atoms with Crippen LogP contribution in [0, 0.1) is 0 Å². The molecule has 1 fully saturated rings. The second-order valence-corrected chi connectivity index (χ2v) is 5.92. The molecule has 1 aliphatic heterocycles. The van der Waals surface area contributed by atoms with E-state index >= 15 is 0 Å². The van der Waals surface area contributed by atoms with Crippen LogP contribution in [0.2, 0.25) is 10.0 Å². The van der Waals surface area contributed by atoms with Crippen molar-refractivity contribution in [2.45, 2.75) is 38.8 Å². The van der Waals surface area contributed by atoms with Crippen molar-refractivity contribution in [3.63, 3.8) is 0 Å². The third kappa shape index (κ3) is 3.89. The van der Waals surface area contributed by atoms with Crippen LogP contribution >= 0.6 is 23.2 Å². The molecule has 1 aromatic rings. The summed E-state index contributed by atoms with van der Waals surface area (Å²) in [6.45, 7) is 2.75. The SMILES string of the molecule is CCCC1NC(=O)CCN(Cc2cccc(Cl)c2Cl)C1=O. The van der Waals surface area contributed by atoms with Gasteiger partial charge in [-0.15, -0.1) is 0 Å². The van der Waals surface area contributed by atoms with Crippen LogP contribution in [0.25, 0.3) is 0 Å². The Morgan fingerprint density at radius 1 is 1.33 bits per heavy atom. The van der Waals surface area contributed by atoms with E-state index in [1.165, 1.54) is 0 Å². The third-order valence-corrected chi connectivity index (χ3v) is 4.38. The van der Waals surface area contributed by atoms with E-state index < -0.39 is 6.04 Å². The number of hydrogen-bond donors (Lipinski definition) is 1. The molecule has 0 bridgehead atoms. The van der Waals surface area contributed by atoms with Crippen molar-refractivity contribution >= 4 is 35.0 Å². The van der Waals surface area contributed by atoms with E-state index in [0.717, 1.165) is 12.0 Å². The summed E-state index contributed by atoms with van der Waals surface area (Å²) >= 11 is 12.2. The minimum Gasteiger partial charge on any atom is -0.344 e. The van der Waals surface area contributed by atoms with Gasteiger partial charge < -0.3 is 10.2 Å². The zero-order valence-electron chi connectivity index (χ0n) is 11.9. The number of rotatable bonds is 4. The van der Waals surface area contributed by atoms with Gasteiger partial charge in [0.25, 0.3) is 0 Å². The van der Waals surface area contributed by atoms with Gasteiger partial charge in [-0.2, -0.15) is 0 Å². The summed E-state index contributed by atoms with van der Waals surface area (Å²) in [7, 11) is 0. The lowest BCUT2D eigenvalue weighted by Crippen LogP contribution is -2.44. The van der Waals surface area contributed by atoms with Crippen LogP contribution < -0.4 is 5.32 Å². The topological polar surface area (TPSA) is 49.4 Å². The Morgan fingerprint density at radius 2 is 2.10 bits per heavy atom. The first kappa shape index (κ1) is 16.1. The standard InChI is InChI=1S/C15H18Cl2N2O2/c1-2-4-12-15(21)19(8-7-13(20)18-12)9-10-5-3-6-11(16)14(10)17/h3,5-6,12H,2,4,7-9H2,1H3,(H,18,20). The Bertz CT molecular complexity index is 548. The molecule has 0 aromatic heterocycles. The van der Waals surface area contributed by atoms with Gasteiger partial charge in [0.15, 0.2) is 0 Å². The fourth-order valence-electron chi connectivity index (χ4n) is 2.41. The molecular formula is C15H18Cl2N2O2. The molecule has 0 aliphatic carbocycles. The Morgan fingerprint density at radius 3 is 2.81 bits per heavy atom. The van der Waals surface area contributed by atoms with Gasteiger partial charge in [-0.3, -0.25) is 9.59 Å². The summed E-state index contributed by atoms with van der Waals surface area (Å²) < 4.78 is 0. The molecule has 1 aliphatic rings. The van der Waals surface area contributed by atoms with Gasteiger partial charge in [0.2, 0.25) is 11.8 Å². The van der Waals surface area contributed by atoms with Gasteiger partial charge in [0, 0.05) is 19.5 Å². The van der Waals surface area contributed by atoms with Crippen LogP contribution in [0.1, 0.15) is 31.7 Å². The van der Waals surface area contributed by atoms with E-state index in [1.54, 1.807) is 17.0 Å². The van der Waals surface area contributed by atoms with E-state index in [9.17, 15) is 9.59 Å². The third-order valence-electron chi connectivity index (χ3n) is 3.52. The lowest BCUT2D eigenvalue weighted by atomic mass is 10.1. The number of halogens is 2. The molecule has 2 amide bonds. The van der Waals surface area contributed by atoms with E-state index in [1.807, 2.05) is 13.0 Å². The van der Waals surface area contributed by atoms with E-state index in [-0.39, 0.29) is 11.8 Å². The fourth-order valence-corrected chi connectivity index (χ4v) is 2.79. The maximum absolute atomic E-state index is 12.5. The van der Waals surface area contributed by atoms with Crippen molar-refractivity contribution < 1.29 is 9.59 Å². The smallest absolute Gasteiger partial charge is 0.245 e. The van der Waals surface area contributed by atoms with Gasteiger partial charge in [-0.1, -0.05) is 48.7 Å². The first-order valence-electron chi connectivity index (χ1n) is 7.04. The molecule has 21 heavy (non-hydrogen) atoms. The predicted molar refractivity (Wildman–Crippen MR) is 83.3 cm³/mol. The number of nitrogens with one attached hydrogen (secondary N) is 1.